The van der Waals surface area contributed by atoms with E-state index in [2.05, 4.69) is 33.1 Å². The largest absolute Gasteiger partial charge is 0.508 e. The number of aromatic nitrogens is 3. The van der Waals surface area contributed by atoms with E-state index in [1.165, 1.54) is 30.5 Å². The highest BCUT2D eigenvalue weighted by Crippen LogP contribution is 2.38. The first kappa shape index (κ1) is 22.7. The number of rotatable bonds is 3. The van der Waals surface area contributed by atoms with Gasteiger partial charge in [-0.15, -0.1) is 6.42 Å². The third kappa shape index (κ3) is 3.86. The number of halogens is 2. The van der Waals surface area contributed by atoms with Gasteiger partial charge in [0, 0.05) is 36.3 Å². The minimum Gasteiger partial charge on any atom is -0.508 e. The highest BCUT2D eigenvalue weighted by Gasteiger charge is 2.27. The van der Waals surface area contributed by atoms with Crippen LogP contribution in [0.3, 0.4) is 0 Å². The molecule has 0 bridgehead atoms. The van der Waals surface area contributed by atoms with Crippen molar-refractivity contribution in [3.05, 3.63) is 58.1 Å². The standard InChI is InChI=1S/C26H23F2N5O2/c1-4-17-20(27)6-5-14-8-16(34)9-18(21(14)17)23-22(28)24-19(10-30-23)25(32-26(35)31-24)33-11-13(2)7-15(12-33)29-3/h1,5-6,8-10,13,15,29,34H,7,11-12H2,2-3H3,(H,31,32,35). The Morgan fingerprint density at radius 1 is 1.29 bits per heavy atom. The summed E-state index contributed by atoms with van der Waals surface area (Å²) in [5, 5.41) is 14.6. The fourth-order valence-corrected chi connectivity index (χ4v) is 4.99. The van der Waals surface area contributed by atoms with Crippen LogP contribution in [0.25, 0.3) is 32.9 Å². The summed E-state index contributed by atoms with van der Waals surface area (Å²) in [4.78, 5) is 25.4. The van der Waals surface area contributed by atoms with Gasteiger partial charge in [-0.1, -0.05) is 18.9 Å². The van der Waals surface area contributed by atoms with E-state index >= 15 is 4.39 Å². The molecule has 4 aromatic rings. The molecule has 1 fully saturated rings. The molecule has 2 aromatic carbocycles. The van der Waals surface area contributed by atoms with Gasteiger partial charge in [0.2, 0.25) is 0 Å². The molecule has 9 heteroatoms. The molecule has 1 saturated heterocycles. The lowest BCUT2D eigenvalue weighted by molar-refractivity contribution is 0.365. The first-order chi connectivity index (χ1) is 16.8. The minimum absolute atomic E-state index is 0.0666. The number of hydrogen-bond acceptors (Lipinski definition) is 6. The zero-order chi connectivity index (χ0) is 24.9. The third-order valence-electron chi connectivity index (χ3n) is 6.52. The monoisotopic (exact) mass is 475 g/mol. The maximum Gasteiger partial charge on any atom is 0.347 e. The Morgan fingerprint density at radius 3 is 2.83 bits per heavy atom. The quantitative estimate of drug-likeness (QED) is 0.393. The van der Waals surface area contributed by atoms with Crippen LogP contribution in [0.1, 0.15) is 18.9 Å². The van der Waals surface area contributed by atoms with Gasteiger partial charge in [0.15, 0.2) is 5.82 Å². The van der Waals surface area contributed by atoms with Crippen LogP contribution in [-0.2, 0) is 0 Å². The summed E-state index contributed by atoms with van der Waals surface area (Å²) >= 11 is 0. The van der Waals surface area contributed by atoms with Crippen molar-refractivity contribution in [3.63, 3.8) is 0 Å². The average Bonchev–Trinajstić information content (AvgIpc) is 2.83. The Labute approximate surface area is 199 Å². The number of benzene rings is 2. The molecule has 1 aliphatic heterocycles. The number of terminal acetylenes is 1. The maximum atomic E-state index is 16.0. The molecule has 35 heavy (non-hydrogen) atoms. The van der Waals surface area contributed by atoms with Gasteiger partial charge >= 0.3 is 5.69 Å². The van der Waals surface area contributed by atoms with Crippen LogP contribution in [0.15, 0.2) is 35.3 Å². The maximum absolute atomic E-state index is 16.0. The van der Waals surface area contributed by atoms with E-state index in [1.807, 2.05) is 11.9 Å². The van der Waals surface area contributed by atoms with Crippen LogP contribution in [0.5, 0.6) is 5.75 Å². The Kier molecular flexibility index (Phi) is 5.61. The lowest BCUT2D eigenvalue weighted by atomic mass is 9.95. The molecule has 3 heterocycles. The summed E-state index contributed by atoms with van der Waals surface area (Å²) in [6.07, 6.45) is 7.96. The Balaban J connectivity index is 1.76. The van der Waals surface area contributed by atoms with Gasteiger partial charge in [-0.25, -0.2) is 13.6 Å². The summed E-state index contributed by atoms with van der Waals surface area (Å²) in [5.74, 6) is 1.37. The van der Waals surface area contributed by atoms with Gasteiger partial charge < -0.3 is 20.3 Å². The molecule has 0 amide bonds. The number of nitrogens with zero attached hydrogens (tertiary/aromatic N) is 3. The SMILES string of the molecule is C#Cc1c(F)ccc2cc(O)cc(-c3ncc4c(N5CC(C)CC(NC)C5)nc(=O)[nH]c4c3F)c12. The van der Waals surface area contributed by atoms with E-state index in [0.29, 0.717) is 35.6 Å². The number of fused-ring (bicyclic) bond motifs is 2. The third-order valence-corrected chi connectivity index (χ3v) is 6.52. The number of phenols is 1. The molecule has 178 valence electrons. The summed E-state index contributed by atoms with van der Waals surface area (Å²) in [7, 11) is 1.88. The van der Waals surface area contributed by atoms with Crippen molar-refractivity contribution in [2.75, 3.05) is 25.0 Å². The molecule has 2 aromatic heterocycles. The zero-order valence-corrected chi connectivity index (χ0v) is 19.2. The van der Waals surface area contributed by atoms with Crippen molar-refractivity contribution in [3.8, 4) is 29.4 Å². The number of aromatic amines is 1. The van der Waals surface area contributed by atoms with Crippen LogP contribution in [-0.4, -0.2) is 46.2 Å². The van der Waals surface area contributed by atoms with Crippen molar-refractivity contribution >= 4 is 27.5 Å². The molecular weight excluding hydrogens is 452 g/mol. The number of likely N-dealkylation sites (N-methyl/N-ethyl adjacent to an activating group) is 1. The second kappa shape index (κ2) is 8.64. The summed E-state index contributed by atoms with van der Waals surface area (Å²) in [6.45, 7) is 3.38. The summed E-state index contributed by atoms with van der Waals surface area (Å²) in [6, 6.07) is 5.54. The fourth-order valence-electron chi connectivity index (χ4n) is 4.99. The highest BCUT2D eigenvalue weighted by molar-refractivity contribution is 6.02. The smallest absolute Gasteiger partial charge is 0.347 e. The van der Waals surface area contributed by atoms with Gasteiger partial charge in [-0.05, 0) is 43.0 Å². The Bertz CT molecular complexity index is 1580. The Morgan fingerprint density at radius 2 is 2.09 bits per heavy atom. The summed E-state index contributed by atoms with van der Waals surface area (Å²) < 4.78 is 30.5. The number of hydrogen-bond donors (Lipinski definition) is 3. The lowest BCUT2D eigenvalue weighted by Crippen LogP contribution is -2.48. The Hall–Kier alpha value is -4.03. The molecule has 0 saturated carbocycles. The van der Waals surface area contributed by atoms with E-state index in [9.17, 15) is 14.3 Å². The van der Waals surface area contributed by atoms with Gasteiger partial charge in [-0.2, -0.15) is 4.98 Å². The molecule has 0 spiro atoms. The van der Waals surface area contributed by atoms with E-state index < -0.39 is 17.3 Å². The second-order valence-electron chi connectivity index (χ2n) is 8.96. The zero-order valence-electron chi connectivity index (χ0n) is 19.2. The number of nitrogens with one attached hydrogen (secondary N) is 2. The number of piperidine rings is 1. The van der Waals surface area contributed by atoms with Crippen LogP contribution in [0.2, 0.25) is 0 Å². The number of phenolic OH excluding ortho intramolecular Hbond substituents is 1. The lowest BCUT2D eigenvalue weighted by Gasteiger charge is -2.37. The molecule has 5 rings (SSSR count). The predicted octanol–water partition coefficient (Wildman–Crippen LogP) is 3.54. The number of H-pyrrole nitrogens is 1. The van der Waals surface area contributed by atoms with Gasteiger partial charge in [0.05, 0.1) is 16.5 Å². The van der Waals surface area contributed by atoms with Gasteiger partial charge in [-0.3, -0.25) is 4.98 Å². The normalized spacial score (nSPS) is 18.2. The van der Waals surface area contributed by atoms with E-state index in [-0.39, 0.29) is 39.5 Å². The topological polar surface area (TPSA) is 94.1 Å². The van der Waals surface area contributed by atoms with Gasteiger partial charge in [0.25, 0.3) is 0 Å². The molecule has 0 radical (unpaired) electrons. The fraction of sp³-hybridized carbons (Fsp3) is 0.269. The molecule has 1 aliphatic rings. The van der Waals surface area contributed by atoms with Crippen LogP contribution in [0.4, 0.5) is 14.6 Å². The first-order valence-corrected chi connectivity index (χ1v) is 11.2. The second-order valence-corrected chi connectivity index (χ2v) is 8.96. The van der Waals surface area contributed by atoms with Crippen molar-refractivity contribution in [1.82, 2.24) is 20.3 Å². The van der Waals surface area contributed by atoms with Crippen LogP contribution in [0, 0.1) is 29.9 Å². The number of anilines is 1. The van der Waals surface area contributed by atoms with E-state index in [1.54, 1.807) is 0 Å². The molecule has 7 nitrogen and oxygen atoms in total. The molecule has 3 N–H and O–H groups in total. The first-order valence-electron chi connectivity index (χ1n) is 11.2. The van der Waals surface area contributed by atoms with Crippen molar-refractivity contribution in [1.29, 1.82) is 0 Å². The molecule has 0 aliphatic carbocycles. The van der Waals surface area contributed by atoms with Crippen molar-refractivity contribution < 1.29 is 13.9 Å². The summed E-state index contributed by atoms with van der Waals surface area (Å²) in [5.41, 5.74) is -0.886. The van der Waals surface area contributed by atoms with Crippen LogP contribution >= 0.6 is 0 Å². The van der Waals surface area contributed by atoms with Crippen LogP contribution < -0.4 is 15.9 Å². The number of aromatic hydroxyl groups is 1. The van der Waals surface area contributed by atoms with Crippen molar-refractivity contribution in [2.45, 2.75) is 19.4 Å². The average molecular weight is 475 g/mol. The highest BCUT2D eigenvalue weighted by atomic mass is 19.1. The molecule has 2 atom stereocenters. The van der Waals surface area contributed by atoms with E-state index in [0.717, 1.165) is 6.42 Å². The molecular formula is C26H23F2N5O2. The molecule has 2 unspecified atom stereocenters. The van der Waals surface area contributed by atoms with Gasteiger partial charge in [0.1, 0.15) is 23.1 Å². The predicted molar refractivity (Wildman–Crippen MR) is 131 cm³/mol. The van der Waals surface area contributed by atoms with Crippen molar-refractivity contribution in [2.24, 2.45) is 5.92 Å². The minimum atomic E-state index is -0.822. The number of pyridine rings is 1. The van der Waals surface area contributed by atoms with E-state index in [4.69, 9.17) is 6.42 Å².